The summed E-state index contributed by atoms with van der Waals surface area (Å²) in [5.41, 5.74) is 3.83. The smallest absolute Gasteiger partial charge is 0.310 e. The fourth-order valence-electron chi connectivity index (χ4n) is 2.84. The van der Waals surface area contributed by atoms with Crippen LogP contribution in [0.4, 0.5) is 0 Å². The van der Waals surface area contributed by atoms with Crippen LogP contribution < -0.4 is 5.32 Å². The Morgan fingerprint density at radius 3 is 2.71 bits per heavy atom. The van der Waals surface area contributed by atoms with E-state index in [0.717, 1.165) is 40.5 Å². The maximum absolute atomic E-state index is 12.0. The molecule has 3 rings (SSSR count). The minimum absolute atomic E-state index is 0.0982. The highest BCUT2D eigenvalue weighted by Gasteiger charge is 2.29. The second-order valence-electron chi connectivity index (χ2n) is 6.72. The fraction of sp³-hybridized carbons (Fsp3) is 0.474. The average molecular weight is 329 g/mol. The molecule has 0 radical (unpaired) electrons. The molecule has 1 aromatic heterocycles. The molecule has 1 aliphatic rings. The fourth-order valence-corrected chi connectivity index (χ4v) is 2.84. The summed E-state index contributed by atoms with van der Waals surface area (Å²) in [5, 5.41) is 3.78. The summed E-state index contributed by atoms with van der Waals surface area (Å²) in [6.45, 7) is 5.80. The third-order valence-electron chi connectivity index (χ3n) is 4.69. The lowest BCUT2D eigenvalue weighted by molar-refractivity contribution is -0.148. The van der Waals surface area contributed by atoms with Crippen LogP contribution in [0.2, 0.25) is 0 Å². The molecule has 1 fully saturated rings. The number of hydrogen-bond acceptors (Lipinski definition) is 4. The lowest BCUT2D eigenvalue weighted by Gasteiger charge is -2.12. The monoisotopic (exact) mass is 329 g/mol. The van der Waals surface area contributed by atoms with Gasteiger partial charge in [0.05, 0.1) is 12.7 Å². The third kappa shape index (κ3) is 3.78. The average Bonchev–Trinajstić information content (AvgIpc) is 3.32. The van der Waals surface area contributed by atoms with E-state index in [1.807, 2.05) is 32.9 Å². The van der Waals surface area contributed by atoms with Gasteiger partial charge in [0.1, 0.15) is 5.58 Å². The number of carbonyl (C=O) groups excluding carboxylic acids is 2. The molecule has 5 nitrogen and oxygen atoms in total. The van der Waals surface area contributed by atoms with Crippen LogP contribution in [0.15, 0.2) is 22.8 Å². The SMILES string of the molecule is Cc1cc2occ(CC(=O)OCC(=O)N[C@@H](C)C3CC3)c2cc1C. The van der Waals surface area contributed by atoms with Gasteiger partial charge in [-0.3, -0.25) is 9.59 Å². The zero-order valence-electron chi connectivity index (χ0n) is 14.3. The van der Waals surface area contributed by atoms with E-state index in [4.69, 9.17) is 9.15 Å². The van der Waals surface area contributed by atoms with Gasteiger partial charge in [0.15, 0.2) is 6.61 Å². The van der Waals surface area contributed by atoms with Gasteiger partial charge in [-0.2, -0.15) is 0 Å². The van der Waals surface area contributed by atoms with E-state index in [1.165, 1.54) is 0 Å². The van der Waals surface area contributed by atoms with E-state index >= 15 is 0 Å². The van der Waals surface area contributed by atoms with Gasteiger partial charge in [0.25, 0.3) is 5.91 Å². The quantitative estimate of drug-likeness (QED) is 0.827. The van der Waals surface area contributed by atoms with Gasteiger partial charge in [-0.15, -0.1) is 0 Å². The molecule has 24 heavy (non-hydrogen) atoms. The Morgan fingerprint density at radius 2 is 2.00 bits per heavy atom. The molecule has 1 amide bonds. The number of esters is 1. The van der Waals surface area contributed by atoms with Gasteiger partial charge in [0, 0.05) is 17.0 Å². The summed E-state index contributed by atoms with van der Waals surface area (Å²) in [6, 6.07) is 4.13. The summed E-state index contributed by atoms with van der Waals surface area (Å²) in [6.07, 6.45) is 4.00. The maximum Gasteiger partial charge on any atom is 0.310 e. The molecule has 2 aromatic rings. The van der Waals surface area contributed by atoms with Crippen LogP contribution >= 0.6 is 0 Å². The molecular weight excluding hydrogens is 306 g/mol. The number of carbonyl (C=O) groups is 2. The Hall–Kier alpha value is -2.30. The van der Waals surface area contributed by atoms with Crippen molar-refractivity contribution in [3.05, 3.63) is 35.1 Å². The molecule has 1 heterocycles. The van der Waals surface area contributed by atoms with Crippen molar-refractivity contribution in [2.75, 3.05) is 6.61 Å². The number of fused-ring (bicyclic) bond motifs is 1. The van der Waals surface area contributed by atoms with Gasteiger partial charge in [-0.05, 0) is 62.8 Å². The second-order valence-corrected chi connectivity index (χ2v) is 6.72. The molecule has 1 saturated carbocycles. The highest BCUT2D eigenvalue weighted by atomic mass is 16.5. The molecule has 128 valence electrons. The van der Waals surface area contributed by atoms with Crippen molar-refractivity contribution in [3.8, 4) is 0 Å². The number of nitrogens with one attached hydrogen (secondary N) is 1. The molecule has 1 aromatic carbocycles. The minimum atomic E-state index is -0.426. The molecule has 0 aliphatic heterocycles. The molecule has 1 N–H and O–H groups in total. The van der Waals surface area contributed by atoms with Gasteiger partial charge < -0.3 is 14.5 Å². The Labute approximate surface area is 141 Å². The molecule has 0 spiro atoms. The van der Waals surface area contributed by atoms with Crippen LogP contribution in [0.3, 0.4) is 0 Å². The van der Waals surface area contributed by atoms with Crippen molar-refractivity contribution in [3.63, 3.8) is 0 Å². The lowest BCUT2D eigenvalue weighted by atomic mass is 10.0. The highest BCUT2D eigenvalue weighted by molar-refractivity contribution is 5.87. The Bertz CT molecular complexity index is 773. The Kier molecular flexibility index (Phi) is 4.60. The largest absolute Gasteiger partial charge is 0.464 e. The topological polar surface area (TPSA) is 68.5 Å². The molecule has 0 bridgehead atoms. The number of amides is 1. The number of benzene rings is 1. The molecule has 0 unspecified atom stereocenters. The Balaban J connectivity index is 1.55. The standard InChI is InChI=1S/C19H23NO4/c1-11-6-16-15(9-23-17(16)7-12(11)2)8-19(22)24-10-18(21)20-13(3)14-4-5-14/h6-7,9,13-14H,4-5,8,10H2,1-3H3,(H,20,21)/t13-/m0/s1. The molecule has 1 aliphatic carbocycles. The van der Waals surface area contributed by atoms with Gasteiger partial charge in [-0.25, -0.2) is 0 Å². The summed E-state index contributed by atoms with van der Waals surface area (Å²) in [5.74, 6) is -0.0925. The Morgan fingerprint density at radius 1 is 1.29 bits per heavy atom. The van der Waals surface area contributed by atoms with Gasteiger partial charge in [0.2, 0.25) is 0 Å². The first kappa shape index (κ1) is 16.6. The minimum Gasteiger partial charge on any atom is -0.464 e. The van der Waals surface area contributed by atoms with Gasteiger partial charge >= 0.3 is 5.97 Å². The first-order valence-electron chi connectivity index (χ1n) is 8.36. The number of furan rings is 1. The highest BCUT2D eigenvalue weighted by Crippen LogP contribution is 2.32. The van der Waals surface area contributed by atoms with Crippen LogP contribution in [0.25, 0.3) is 11.0 Å². The second kappa shape index (κ2) is 6.67. The zero-order chi connectivity index (χ0) is 17.3. The van der Waals surface area contributed by atoms with E-state index in [2.05, 4.69) is 5.32 Å². The number of ether oxygens (including phenoxy) is 1. The number of aryl methyl sites for hydroxylation is 2. The predicted octanol–water partition coefficient (Wildman–Crippen LogP) is 3.05. The van der Waals surface area contributed by atoms with E-state index in [1.54, 1.807) is 6.26 Å². The van der Waals surface area contributed by atoms with Crippen LogP contribution in [0.5, 0.6) is 0 Å². The lowest BCUT2D eigenvalue weighted by Crippen LogP contribution is -2.37. The molecular formula is C19H23NO4. The third-order valence-corrected chi connectivity index (χ3v) is 4.69. The van der Waals surface area contributed by atoms with Crippen LogP contribution in [0, 0.1) is 19.8 Å². The van der Waals surface area contributed by atoms with Crippen molar-refractivity contribution in [2.24, 2.45) is 5.92 Å². The van der Waals surface area contributed by atoms with Gasteiger partial charge in [-0.1, -0.05) is 0 Å². The van der Waals surface area contributed by atoms with E-state index in [9.17, 15) is 9.59 Å². The van der Waals surface area contributed by atoms with Crippen molar-refractivity contribution in [1.82, 2.24) is 5.32 Å². The number of rotatable bonds is 6. The summed E-state index contributed by atoms with van der Waals surface area (Å²) < 4.78 is 10.6. The normalized spacial score (nSPS) is 15.3. The van der Waals surface area contributed by atoms with E-state index in [-0.39, 0.29) is 25.0 Å². The molecule has 0 saturated heterocycles. The summed E-state index contributed by atoms with van der Waals surface area (Å²) in [7, 11) is 0. The summed E-state index contributed by atoms with van der Waals surface area (Å²) >= 11 is 0. The maximum atomic E-state index is 12.0. The molecule has 5 heteroatoms. The predicted molar refractivity (Wildman–Crippen MR) is 90.7 cm³/mol. The van der Waals surface area contributed by atoms with Crippen LogP contribution in [-0.4, -0.2) is 24.5 Å². The first-order valence-corrected chi connectivity index (χ1v) is 8.36. The van der Waals surface area contributed by atoms with E-state index in [0.29, 0.717) is 5.92 Å². The van der Waals surface area contributed by atoms with Crippen LogP contribution in [-0.2, 0) is 20.7 Å². The van der Waals surface area contributed by atoms with Crippen molar-refractivity contribution >= 4 is 22.8 Å². The number of hydrogen-bond donors (Lipinski definition) is 1. The zero-order valence-corrected chi connectivity index (χ0v) is 14.3. The van der Waals surface area contributed by atoms with Crippen molar-refractivity contribution in [1.29, 1.82) is 0 Å². The van der Waals surface area contributed by atoms with E-state index < -0.39 is 5.97 Å². The first-order chi connectivity index (χ1) is 11.4. The van der Waals surface area contributed by atoms with Crippen molar-refractivity contribution < 1.29 is 18.7 Å². The summed E-state index contributed by atoms with van der Waals surface area (Å²) in [4.78, 5) is 23.8. The molecule has 1 atom stereocenters. The van der Waals surface area contributed by atoms with Crippen LogP contribution in [0.1, 0.15) is 36.5 Å². The van der Waals surface area contributed by atoms with Crippen molar-refractivity contribution in [2.45, 2.75) is 46.1 Å².